The molecular formula is C20H29NO4. The molecule has 0 aliphatic rings. The minimum Gasteiger partial charge on any atom is -0.477 e. The van der Waals surface area contributed by atoms with Crippen LogP contribution in [0.2, 0.25) is 0 Å². The summed E-state index contributed by atoms with van der Waals surface area (Å²) in [6.45, 7) is 14.9. The number of anilines is 1. The first-order chi connectivity index (χ1) is 11.3. The van der Waals surface area contributed by atoms with Crippen LogP contribution in [0.1, 0.15) is 47.1 Å². The molecule has 0 saturated carbocycles. The third-order valence-corrected chi connectivity index (χ3v) is 3.36. The van der Waals surface area contributed by atoms with Crippen LogP contribution in [-0.2, 0) is 9.59 Å². The van der Waals surface area contributed by atoms with Gasteiger partial charge in [0.1, 0.15) is 5.57 Å². The molecule has 0 aliphatic carbocycles. The van der Waals surface area contributed by atoms with Gasteiger partial charge in [0.05, 0.1) is 0 Å². The van der Waals surface area contributed by atoms with E-state index >= 15 is 0 Å². The number of benzene rings is 1. The number of hydrogen-bond donors (Lipinski definition) is 2. The number of carbonyl (C=O) groups is 2. The van der Waals surface area contributed by atoms with Crippen molar-refractivity contribution in [2.75, 3.05) is 18.0 Å². The fourth-order valence-electron chi connectivity index (χ4n) is 2.55. The number of carboxylic acids is 2. The molecule has 0 fully saturated rings. The van der Waals surface area contributed by atoms with Crippen molar-refractivity contribution >= 4 is 23.7 Å². The molecule has 1 aromatic rings. The van der Waals surface area contributed by atoms with Gasteiger partial charge in [-0.05, 0) is 34.6 Å². The van der Waals surface area contributed by atoms with Gasteiger partial charge >= 0.3 is 11.9 Å². The molecule has 0 spiro atoms. The van der Waals surface area contributed by atoms with Crippen LogP contribution in [0.15, 0.2) is 29.8 Å². The summed E-state index contributed by atoms with van der Waals surface area (Å²) in [5.41, 5.74) is 1.20. The quantitative estimate of drug-likeness (QED) is 0.459. The van der Waals surface area contributed by atoms with Crippen molar-refractivity contribution in [1.82, 2.24) is 0 Å². The maximum Gasteiger partial charge on any atom is 0.343 e. The van der Waals surface area contributed by atoms with E-state index in [0.717, 1.165) is 18.8 Å². The minimum atomic E-state index is -1.45. The van der Waals surface area contributed by atoms with Gasteiger partial charge in [0.15, 0.2) is 0 Å². The largest absolute Gasteiger partial charge is 0.477 e. The molecule has 0 aliphatic heterocycles. The van der Waals surface area contributed by atoms with Gasteiger partial charge in [0, 0.05) is 18.8 Å². The van der Waals surface area contributed by atoms with Crippen LogP contribution in [0, 0.1) is 10.8 Å². The first-order valence-corrected chi connectivity index (χ1v) is 8.32. The summed E-state index contributed by atoms with van der Waals surface area (Å²) in [5.74, 6) is -2.89. The zero-order chi connectivity index (χ0) is 19.4. The van der Waals surface area contributed by atoms with Crippen LogP contribution in [0.3, 0.4) is 0 Å². The van der Waals surface area contributed by atoms with Gasteiger partial charge in [0.25, 0.3) is 0 Å². The molecule has 2 N–H and O–H groups in total. The lowest BCUT2D eigenvalue weighted by molar-refractivity contribution is -0.140. The van der Waals surface area contributed by atoms with E-state index < -0.39 is 17.5 Å². The third kappa shape index (κ3) is 7.42. The fraction of sp³-hybridized carbons (Fsp3) is 0.500. The van der Waals surface area contributed by atoms with E-state index in [2.05, 4.69) is 46.4 Å². The Bertz CT molecular complexity index is 614. The molecular weight excluding hydrogens is 318 g/mol. The van der Waals surface area contributed by atoms with Crippen LogP contribution in [0.5, 0.6) is 0 Å². The predicted molar refractivity (Wildman–Crippen MR) is 101 cm³/mol. The van der Waals surface area contributed by atoms with Crippen LogP contribution >= 0.6 is 0 Å². The molecule has 1 aromatic carbocycles. The average Bonchev–Trinajstić information content (AvgIpc) is 2.41. The molecule has 0 bridgehead atoms. The normalized spacial score (nSPS) is 11.8. The summed E-state index contributed by atoms with van der Waals surface area (Å²) in [5, 5.41) is 17.9. The maximum atomic E-state index is 11.0. The Morgan fingerprint density at radius 2 is 1.28 bits per heavy atom. The molecule has 0 atom stereocenters. The molecule has 0 radical (unpaired) electrons. The van der Waals surface area contributed by atoms with E-state index in [4.69, 9.17) is 10.2 Å². The molecule has 0 unspecified atom stereocenters. The minimum absolute atomic E-state index is 0.129. The van der Waals surface area contributed by atoms with Crippen molar-refractivity contribution in [2.24, 2.45) is 10.8 Å². The van der Waals surface area contributed by atoms with Crippen molar-refractivity contribution in [3.05, 3.63) is 35.4 Å². The second kappa shape index (κ2) is 7.72. The molecule has 1 rings (SSSR count). The first kappa shape index (κ1) is 20.7. The molecule has 0 amide bonds. The van der Waals surface area contributed by atoms with Crippen molar-refractivity contribution in [3.8, 4) is 0 Å². The van der Waals surface area contributed by atoms with Gasteiger partial charge in [-0.3, -0.25) is 0 Å². The average molecular weight is 347 g/mol. The van der Waals surface area contributed by atoms with E-state index in [1.54, 1.807) is 12.1 Å². The van der Waals surface area contributed by atoms with E-state index in [9.17, 15) is 9.59 Å². The standard InChI is InChI=1S/C20H29NO4/c1-19(2,3)12-21(13-20(4,5)6)15-9-7-14(8-10-15)11-16(17(22)23)18(24)25/h7-11H,12-13H2,1-6H3,(H,22,23)(H,24,25). The molecule has 25 heavy (non-hydrogen) atoms. The molecule has 138 valence electrons. The van der Waals surface area contributed by atoms with E-state index in [-0.39, 0.29) is 10.8 Å². The third-order valence-electron chi connectivity index (χ3n) is 3.36. The van der Waals surface area contributed by atoms with Crippen molar-refractivity contribution in [2.45, 2.75) is 41.5 Å². The number of hydrogen-bond acceptors (Lipinski definition) is 3. The van der Waals surface area contributed by atoms with Gasteiger partial charge in [-0.25, -0.2) is 9.59 Å². The van der Waals surface area contributed by atoms with Crippen molar-refractivity contribution in [3.63, 3.8) is 0 Å². The lowest BCUT2D eigenvalue weighted by Gasteiger charge is -2.36. The fourth-order valence-corrected chi connectivity index (χ4v) is 2.55. The van der Waals surface area contributed by atoms with Gasteiger partial charge < -0.3 is 15.1 Å². The Morgan fingerprint density at radius 1 is 0.880 bits per heavy atom. The number of rotatable bonds is 6. The molecule has 0 heterocycles. The van der Waals surface area contributed by atoms with Crippen molar-refractivity contribution in [1.29, 1.82) is 0 Å². The molecule has 0 aromatic heterocycles. The summed E-state index contributed by atoms with van der Waals surface area (Å²) >= 11 is 0. The molecule has 0 saturated heterocycles. The topological polar surface area (TPSA) is 77.8 Å². The second-order valence-electron chi connectivity index (χ2n) is 8.74. The van der Waals surface area contributed by atoms with Crippen LogP contribution in [0.4, 0.5) is 5.69 Å². The summed E-state index contributed by atoms with van der Waals surface area (Å²) in [6.07, 6.45) is 1.17. The number of nitrogens with zero attached hydrogens (tertiary/aromatic N) is 1. The Balaban J connectivity index is 3.13. The van der Waals surface area contributed by atoms with Crippen LogP contribution in [0.25, 0.3) is 6.08 Å². The lowest BCUT2D eigenvalue weighted by atomic mass is 9.91. The summed E-state index contributed by atoms with van der Waals surface area (Å²) in [6, 6.07) is 7.31. The van der Waals surface area contributed by atoms with Crippen LogP contribution in [-0.4, -0.2) is 35.2 Å². The zero-order valence-corrected chi connectivity index (χ0v) is 16.0. The highest BCUT2D eigenvalue weighted by molar-refractivity contribution is 6.16. The Labute approximate surface area is 150 Å². The molecule has 5 heteroatoms. The second-order valence-corrected chi connectivity index (χ2v) is 8.74. The highest BCUT2D eigenvalue weighted by atomic mass is 16.4. The Morgan fingerprint density at radius 3 is 1.60 bits per heavy atom. The van der Waals surface area contributed by atoms with Gasteiger partial charge in [0.2, 0.25) is 0 Å². The van der Waals surface area contributed by atoms with E-state index in [0.29, 0.717) is 5.56 Å². The lowest BCUT2D eigenvalue weighted by Crippen LogP contribution is -2.38. The summed E-state index contributed by atoms with van der Waals surface area (Å²) < 4.78 is 0. The maximum absolute atomic E-state index is 11.0. The summed E-state index contributed by atoms with van der Waals surface area (Å²) in [7, 11) is 0. The summed E-state index contributed by atoms with van der Waals surface area (Å²) in [4.78, 5) is 24.3. The number of carboxylic acid groups (broad SMARTS) is 2. The first-order valence-electron chi connectivity index (χ1n) is 8.32. The Kier molecular flexibility index (Phi) is 6.41. The monoisotopic (exact) mass is 347 g/mol. The van der Waals surface area contributed by atoms with Gasteiger partial charge in [-0.15, -0.1) is 0 Å². The van der Waals surface area contributed by atoms with E-state index in [1.165, 1.54) is 6.08 Å². The van der Waals surface area contributed by atoms with Gasteiger partial charge in [-0.2, -0.15) is 0 Å². The van der Waals surface area contributed by atoms with Crippen LogP contribution < -0.4 is 4.90 Å². The zero-order valence-electron chi connectivity index (χ0n) is 16.0. The Hall–Kier alpha value is -2.30. The van der Waals surface area contributed by atoms with E-state index in [1.807, 2.05) is 12.1 Å². The smallest absolute Gasteiger partial charge is 0.343 e. The number of aliphatic carboxylic acids is 2. The molecule has 5 nitrogen and oxygen atoms in total. The SMILES string of the molecule is CC(C)(C)CN(CC(C)(C)C)c1ccc(C=C(C(=O)O)C(=O)O)cc1. The van der Waals surface area contributed by atoms with Crippen molar-refractivity contribution < 1.29 is 19.8 Å². The highest BCUT2D eigenvalue weighted by Crippen LogP contribution is 2.27. The predicted octanol–water partition coefficient (Wildman–Crippen LogP) is 4.14. The van der Waals surface area contributed by atoms with Gasteiger partial charge in [-0.1, -0.05) is 53.7 Å². The highest BCUT2D eigenvalue weighted by Gasteiger charge is 2.22.